The lowest BCUT2D eigenvalue weighted by atomic mass is 10.2. The van der Waals surface area contributed by atoms with E-state index in [1.807, 2.05) is 6.07 Å². The highest BCUT2D eigenvalue weighted by Gasteiger charge is 2.09. The van der Waals surface area contributed by atoms with Crippen LogP contribution in [-0.2, 0) is 11.8 Å². The fourth-order valence-electron chi connectivity index (χ4n) is 0.866. The first-order valence-corrected chi connectivity index (χ1v) is 5.32. The number of ketones is 1. The molecule has 12 heavy (non-hydrogen) atoms. The first-order chi connectivity index (χ1) is 5.69. The van der Waals surface area contributed by atoms with Crippen molar-refractivity contribution in [1.82, 2.24) is 0 Å². The van der Waals surface area contributed by atoms with Gasteiger partial charge in [0.2, 0.25) is 0 Å². The van der Waals surface area contributed by atoms with E-state index >= 15 is 0 Å². The van der Waals surface area contributed by atoms with Gasteiger partial charge in [0.05, 0.1) is 10.8 Å². The maximum Gasteiger partial charge on any atom is 0.169 e. The second-order valence-corrected chi connectivity index (χ2v) is 4.05. The fraction of sp³-hybridized carbons (Fsp3) is 0.375. The van der Waals surface area contributed by atoms with E-state index in [4.69, 9.17) is 23.2 Å². The predicted molar refractivity (Wildman–Crippen MR) is 53.4 cm³/mol. The molecule has 0 aromatic carbocycles. The average Bonchev–Trinajstić information content (AvgIpc) is 2.46. The Morgan fingerprint density at radius 1 is 1.50 bits per heavy atom. The van der Waals surface area contributed by atoms with Crippen LogP contribution in [0.1, 0.15) is 27.0 Å². The van der Waals surface area contributed by atoms with Crippen LogP contribution in [0.5, 0.6) is 0 Å². The molecule has 0 unspecified atom stereocenters. The molecule has 0 aliphatic heterocycles. The van der Waals surface area contributed by atoms with Crippen molar-refractivity contribution in [2.45, 2.75) is 18.7 Å². The van der Waals surface area contributed by atoms with Crippen LogP contribution in [0.25, 0.3) is 0 Å². The first kappa shape index (κ1) is 10.0. The molecule has 0 saturated heterocycles. The number of halogens is 2. The lowest BCUT2D eigenvalue weighted by Gasteiger charge is -1.90. The van der Waals surface area contributed by atoms with Crippen molar-refractivity contribution in [1.29, 1.82) is 0 Å². The molecule has 1 heterocycles. The molecule has 0 saturated carbocycles. The summed E-state index contributed by atoms with van der Waals surface area (Å²) in [6.07, 6.45) is 0. The van der Waals surface area contributed by atoms with Crippen LogP contribution in [0.3, 0.4) is 0 Å². The van der Waals surface area contributed by atoms with Gasteiger partial charge in [-0.15, -0.1) is 34.5 Å². The van der Waals surface area contributed by atoms with Gasteiger partial charge in [-0.25, -0.2) is 0 Å². The number of rotatable bonds is 3. The molecule has 1 rings (SSSR count). The van der Waals surface area contributed by atoms with E-state index in [1.165, 1.54) is 11.3 Å². The SMILES string of the molecule is CC(=O)c1cc(CCl)c(CCl)s1. The molecule has 0 fully saturated rings. The lowest BCUT2D eigenvalue weighted by Crippen LogP contribution is -1.84. The molecule has 0 spiro atoms. The first-order valence-electron chi connectivity index (χ1n) is 3.43. The molecule has 0 N–H and O–H groups in total. The summed E-state index contributed by atoms with van der Waals surface area (Å²) < 4.78 is 0. The number of carbonyl (C=O) groups excluding carboxylic acids is 1. The van der Waals surface area contributed by atoms with Crippen molar-refractivity contribution in [2.75, 3.05) is 0 Å². The molecule has 66 valence electrons. The van der Waals surface area contributed by atoms with Gasteiger partial charge in [0.25, 0.3) is 0 Å². The monoisotopic (exact) mass is 222 g/mol. The molecule has 0 amide bonds. The highest BCUT2D eigenvalue weighted by atomic mass is 35.5. The van der Waals surface area contributed by atoms with E-state index in [1.54, 1.807) is 6.92 Å². The molecular weight excluding hydrogens is 215 g/mol. The van der Waals surface area contributed by atoms with Gasteiger partial charge in [-0.05, 0) is 18.6 Å². The summed E-state index contributed by atoms with van der Waals surface area (Å²) >= 11 is 12.8. The molecule has 1 aromatic rings. The standard InChI is InChI=1S/C8H8Cl2OS/c1-5(11)7-2-6(3-9)8(4-10)12-7/h2H,3-4H2,1H3. The maximum absolute atomic E-state index is 11.0. The molecular formula is C8H8Cl2OS. The zero-order valence-electron chi connectivity index (χ0n) is 6.56. The van der Waals surface area contributed by atoms with E-state index < -0.39 is 0 Å². The van der Waals surface area contributed by atoms with Gasteiger partial charge in [-0.1, -0.05) is 0 Å². The normalized spacial score (nSPS) is 10.2. The number of thiophene rings is 1. The summed E-state index contributed by atoms with van der Waals surface area (Å²) in [6.45, 7) is 1.54. The van der Waals surface area contributed by atoms with Gasteiger partial charge in [-0.2, -0.15) is 0 Å². The van der Waals surface area contributed by atoms with Crippen molar-refractivity contribution >= 4 is 40.3 Å². The molecule has 0 atom stereocenters. The Hall–Kier alpha value is -0.0500. The molecule has 0 radical (unpaired) electrons. The van der Waals surface area contributed by atoms with Crippen molar-refractivity contribution in [3.8, 4) is 0 Å². The Balaban J connectivity index is 3.05. The van der Waals surface area contributed by atoms with Crippen LogP contribution in [0.15, 0.2) is 6.07 Å². The van der Waals surface area contributed by atoms with Gasteiger partial charge in [-0.3, -0.25) is 4.79 Å². The van der Waals surface area contributed by atoms with Crippen molar-refractivity contribution < 1.29 is 4.79 Å². The maximum atomic E-state index is 11.0. The van der Waals surface area contributed by atoms with Crippen LogP contribution in [-0.4, -0.2) is 5.78 Å². The third kappa shape index (κ3) is 2.00. The summed E-state index contributed by atoms with van der Waals surface area (Å²) in [7, 11) is 0. The number of carbonyl (C=O) groups is 1. The van der Waals surface area contributed by atoms with E-state index in [0.29, 0.717) is 11.8 Å². The van der Waals surface area contributed by atoms with E-state index in [-0.39, 0.29) is 5.78 Å². The topological polar surface area (TPSA) is 17.1 Å². The highest BCUT2D eigenvalue weighted by molar-refractivity contribution is 7.14. The van der Waals surface area contributed by atoms with Crippen LogP contribution in [0.4, 0.5) is 0 Å². The fourth-order valence-corrected chi connectivity index (χ4v) is 2.45. The minimum atomic E-state index is 0.0720. The van der Waals surface area contributed by atoms with Gasteiger partial charge in [0, 0.05) is 10.8 Å². The van der Waals surface area contributed by atoms with E-state index in [2.05, 4.69) is 0 Å². The summed E-state index contributed by atoms with van der Waals surface area (Å²) in [5.74, 6) is 0.925. The van der Waals surface area contributed by atoms with Crippen LogP contribution in [0, 0.1) is 0 Å². The molecule has 4 heteroatoms. The summed E-state index contributed by atoms with van der Waals surface area (Å²) in [6, 6.07) is 1.82. The Morgan fingerprint density at radius 2 is 2.17 bits per heavy atom. The highest BCUT2D eigenvalue weighted by Crippen LogP contribution is 2.25. The summed E-state index contributed by atoms with van der Waals surface area (Å²) in [4.78, 5) is 12.7. The van der Waals surface area contributed by atoms with Crippen molar-refractivity contribution in [3.63, 3.8) is 0 Å². The van der Waals surface area contributed by atoms with Gasteiger partial charge in [0.15, 0.2) is 5.78 Å². The number of Topliss-reactive ketones (excluding diaryl/α,β-unsaturated/α-hetero) is 1. The minimum absolute atomic E-state index is 0.0720. The van der Waals surface area contributed by atoms with E-state index in [9.17, 15) is 4.79 Å². The van der Waals surface area contributed by atoms with Crippen LogP contribution in [0.2, 0.25) is 0 Å². The molecule has 0 aliphatic carbocycles. The Bertz CT molecular complexity index is 272. The number of alkyl halides is 2. The second kappa shape index (κ2) is 4.26. The Morgan fingerprint density at radius 3 is 2.50 bits per heavy atom. The number of hydrogen-bond donors (Lipinski definition) is 0. The minimum Gasteiger partial charge on any atom is -0.294 e. The number of hydrogen-bond acceptors (Lipinski definition) is 2. The molecule has 0 bridgehead atoms. The molecule has 1 aromatic heterocycles. The van der Waals surface area contributed by atoms with Gasteiger partial charge >= 0.3 is 0 Å². The molecule has 1 nitrogen and oxygen atoms in total. The van der Waals surface area contributed by atoms with Crippen molar-refractivity contribution in [2.24, 2.45) is 0 Å². The lowest BCUT2D eigenvalue weighted by molar-refractivity contribution is 0.102. The Kier molecular flexibility index (Phi) is 3.56. The van der Waals surface area contributed by atoms with Gasteiger partial charge < -0.3 is 0 Å². The third-order valence-electron chi connectivity index (χ3n) is 1.51. The Labute approximate surface area is 85.3 Å². The van der Waals surface area contributed by atoms with Crippen molar-refractivity contribution in [3.05, 3.63) is 21.4 Å². The largest absolute Gasteiger partial charge is 0.294 e. The van der Waals surface area contributed by atoms with Gasteiger partial charge in [0.1, 0.15) is 0 Å². The zero-order chi connectivity index (χ0) is 9.14. The third-order valence-corrected chi connectivity index (χ3v) is 3.50. The molecule has 0 aliphatic rings. The quantitative estimate of drug-likeness (QED) is 0.566. The average molecular weight is 223 g/mol. The van der Waals surface area contributed by atoms with E-state index in [0.717, 1.165) is 15.3 Å². The predicted octanol–water partition coefficient (Wildman–Crippen LogP) is 3.43. The van der Waals surface area contributed by atoms with Crippen LogP contribution >= 0.6 is 34.5 Å². The summed E-state index contributed by atoms with van der Waals surface area (Å²) in [5, 5.41) is 0. The second-order valence-electron chi connectivity index (χ2n) is 2.38. The zero-order valence-corrected chi connectivity index (χ0v) is 8.89. The van der Waals surface area contributed by atoms with Crippen LogP contribution < -0.4 is 0 Å². The summed E-state index contributed by atoms with van der Waals surface area (Å²) in [5.41, 5.74) is 0.974. The smallest absolute Gasteiger partial charge is 0.169 e.